The van der Waals surface area contributed by atoms with E-state index in [1.165, 1.54) is 23.0 Å². The molecule has 34 heavy (non-hydrogen) atoms. The fourth-order valence-corrected chi connectivity index (χ4v) is 5.35. The number of halogens is 1. The summed E-state index contributed by atoms with van der Waals surface area (Å²) in [5.74, 6) is 0.518. The van der Waals surface area contributed by atoms with Gasteiger partial charge in [-0.2, -0.15) is 4.39 Å². The highest BCUT2D eigenvalue weighted by molar-refractivity contribution is 7.10. The van der Waals surface area contributed by atoms with Crippen molar-refractivity contribution in [1.29, 1.82) is 0 Å². The van der Waals surface area contributed by atoms with E-state index < -0.39 is 6.09 Å². The third-order valence-electron chi connectivity index (χ3n) is 6.94. The molecule has 5 nitrogen and oxygen atoms in total. The highest BCUT2D eigenvalue weighted by atomic mass is 32.1. The van der Waals surface area contributed by atoms with Crippen molar-refractivity contribution in [3.8, 4) is 5.75 Å². The molecule has 1 aliphatic heterocycles. The summed E-state index contributed by atoms with van der Waals surface area (Å²) in [7, 11) is 0. The zero-order valence-electron chi connectivity index (χ0n) is 20.0. The van der Waals surface area contributed by atoms with Crippen molar-refractivity contribution >= 4 is 17.4 Å². The van der Waals surface area contributed by atoms with E-state index in [1.54, 1.807) is 12.1 Å². The van der Waals surface area contributed by atoms with E-state index in [-0.39, 0.29) is 16.1 Å². The first-order chi connectivity index (χ1) is 16.3. The Bertz CT molecular complexity index is 1100. The summed E-state index contributed by atoms with van der Waals surface area (Å²) in [5.41, 5.74) is 1.85. The average Bonchev–Trinajstić information content (AvgIpc) is 3.45. The van der Waals surface area contributed by atoms with Gasteiger partial charge in [0.05, 0.1) is 0 Å². The molecule has 0 spiro atoms. The SMILES string of the molecule is Cc1ccc(C(C)(C)N2CC[C@@](CCc3ccc(F)s3)(CNC(=O)Oc3ccccc3)C2)cn1. The molecule has 1 amide bonds. The van der Waals surface area contributed by atoms with E-state index in [0.717, 1.165) is 42.9 Å². The lowest BCUT2D eigenvalue weighted by molar-refractivity contribution is 0.125. The lowest BCUT2D eigenvalue weighted by Crippen LogP contribution is -2.45. The van der Waals surface area contributed by atoms with E-state index in [2.05, 4.69) is 35.1 Å². The number of benzene rings is 1. The molecule has 3 aromatic rings. The van der Waals surface area contributed by atoms with Crippen molar-refractivity contribution in [3.05, 3.63) is 82.1 Å². The zero-order valence-corrected chi connectivity index (χ0v) is 20.8. The molecule has 7 heteroatoms. The van der Waals surface area contributed by atoms with Crippen LogP contribution in [0.4, 0.5) is 9.18 Å². The second-order valence-corrected chi connectivity index (χ2v) is 10.8. The van der Waals surface area contributed by atoms with Crippen molar-refractivity contribution in [2.24, 2.45) is 5.41 Å². The predicted molar refractivity (Wildman–Crippen MR) is 134 cm³/mol. The maximum atomic E-state index is 13.5. The Labute approximate surface area is 205 Å². The molecule has 180 valence electrons. The molecule has 2 aromatic heterocycles. The number of ether oxygens (including phenoxy) is 1. The number of hydrogen-bond donors (Lipinski definition) is 1. The van der Waals surface area contributed by atoms with Crippen LogP contribution in [-0.2, 0) is 12.0 Å². The van der Waals surface area contributed by atoms with Crippen LogP contribution >= 0.6 is 11.3 Å². The Balaban J connectivity index is 1.47. The molecular weight excluding hydrogens is 449 g/mol. The first-order valence-electron chi connectivity index (χ1n) is 11.7. The first-order valence-corrected chi connectivity index (χ1v) is 12.5. The van der Waals surface area contributed by atoms with Crippen LogP contribution in [0.2, 0.25) is 0 Å². The molecular formula is C27H32FN3O2S. The molecule has 0 radical (unpaired) electrons. The van der Waals surface area contributed by atoms with Crippen molar-refractivity contribution < 1.29 is 13.9 Å². The molecule has 1 N–H and O–H groups in total. The Morgan fingerprint density at radius 2 is 2.00 bits per heavy atom. The van der Waals surface area contributed by atoms with E-state index in [0.29, 0.717) is 12.3 Å². The van der Waals surface area contributed by atoms with Crippen LogP contribution in [0.25, 0.3) is 0 Å². The van der Waals surface area contributed by atoms with Gasteiger partial charge >= 0.3 is 6.09 Å². The topological polar surface area (TPSA) is 54.5 Å². The van der Waals surface area contributed by atoms with E-state index >= 15 is 0 Å². The number of amides is 1. The number of aryl methyl sites for hydroxylation is 2. The summed E-state index contributed by atoms with van der Waals surface area (Å²) in [6, 6.07) is 16.6. The number of hydrogen-bond acceptors (Lipinski definition) is 5. The van der Waals surface area contributed by atoms with Gasteiger partial charge in [0.1, 0.15) is 5.75 Å². The van der Waals surface area contributed by atoms with Crippen LogP contribution < -0.4 is 10.1 Å². The van der Waals surface area contributed by atoms with Crippen LogP contribution in [0.3, 0.4) is 0 Å². The number of nitrogens with one attached hydrogen (secondary N) is 1. The Hall–Kier alpha value is -2.77. The molecule has 1 saturated heterocycles. The molecule has 0 unspecified atom stereocenters. The summed E-state index contributed by atoms with van der Waals surface area (Å²) in [6.07, 6.45) is 4.09. The molecule has 1 atom stereocenters. The lowest BCUT2D eigenvalue weighted by atomic mass is 9.81. The molecule has 0 aliphatic carbocycles. The van der Waals surface area contributed by atoms with Crippen molar-refractivity contribution in [1.82, 2.24) is 15.2 Å². The fourth-order valence-electron chi connectivity index (χ4n) is 4.63. The van der Waals surface area contributed by atoms with Gasteiger partial charge in [0, 0.05) is 40.8 Å². The number of aromatic nitrogens is 1. The number of rotatable bonds is 8. The second-order valence-electron chi connectivity index (χ2n) is 9.68. The number of carbonyl (C=O) groups is 1. The maximum Gasteiger partial charge on any atom is 0.412 e. The van der Waals surface area contributed by atoms with Gasteiger partial charge in [0.2, 0.25) is 0 Å². The average molecular weight is 482 g/mol. The Kier molecular flexibility index (Phi) is 7.33. The Morgan fingerprint density at radius 3 is 2.68 bits per heavy atom. The third-order valence-corrected chi connectivity index (χ3v) is 7.87. The molecule has 1 fully saturated rings. The quantitative estimate of drug-likeness (QED) is 0.433. The molecule has 0 saturated carbocycles. The van der Waals surface area contributed by atoms with Gasteiger partial charge in [0.25, 0.3) is 0 Å². The number of pyridine rings is 1. The molecule has 4 rings (SSSR count). The minimum absolute atomic E-state index is 0.133. The normalized spacial score (nSPS) is 18.7. The smallest absolute Gasteiger partial charge is 0.410 e. The van der Waals surface area contributed by atoms with Crippen molar-refractivity contribution in [2.45, 2.75) is 45.6 Å². The monoisotopic (exact) mass is 481 g/mol. The van der Waals surface area contributed by atoms with Crippen molar-refractivity contribution in [3.63, 3.8) is 0 Å². The van der Waals surface area contributed by atoms with Gasteiger partial charge in [-0.15, -0.1) is 11.3 Å². The number of nitrogens with zero attached hydrogens (tertiary/aromatic N) is 2. The minimum Gasteiger partial charge on any atom is -0.410 e. The summed E-state index contributed by atoms with van der Waals surface area (Å²) in [5, 5.41) is 2.85. The van der Waals surface area contributed by atoms with Gasteiger partial charge in [-0.25, -0.2) is 4.79 Å². The van der Waals surface area contributed by atoms with Gasteiger partial charge in [-0.1, -0.05) is 24.3 Å². The van der Waals surface area contributed by atoms with Crippen LogP contribution in [0.5, 0.6) is 5.75 Å². The number of likely N-dealkylation sites (tertiary alicyclic amines) is 1. The Morgan fingerprint density at radius 1 is 1.21 bits per heavy atom. The van der Waals surface area contributed by atoms with Crippen LogP contribution in [0, 0.1) is 17.5 Å². The van der Waals surface area contributed by atoms with E-state index in [4.69, 9.17) is 4.74 Å². The van der Waals surface area contributed by atoms with E-state index in [1.807, 2.05) is 43.5 Å². The summed E-state index contributed by atoms with van der Waals surface area (Å²) in [6.45, 7) is 8.68. The molecule has 1 aromatic carbocycles. The lowest BCUT2D eigenvalue weighted by Gasteiger charge is -2.38. The fraction of sp³-hybridized carbons (Fsp3) is 0.407. The summed E-state index contributed by atoms with van der Waals surface area (Å²) in [4.78, 5) is 20.5. The number of carbonyl (C=O) groups excluding carboxylic acids is 1. The largest absolute Gasteiger partial charge is 0.412 e. The van der Waals surface area contributed by atoms with E-state index in [9.17, 15) is 9.18 Å². The number of thiophene rings is 1. The summed E-state index contributed by atoms with van der Waals surface area (Å²) >= 11 is 1.20. The molecule has 0 bridgehead atoms. The first kappa shape index (κ1) is 24.4. The van der Waals surface area contributed by atoms with Gasteiger partial charge in [-0.3, -0.25) is 9.88 Å². The molecule has 3 heterocycles. The van der Waals surface area contributed by atoms with Gasteiger partial charge < -0.3 is 10.1 Å². The molecule has 1 aliphatic rings. The van der Waals surface area contributed by atoms with Gasteiger partial charge in [0.15, 0.2) is 5.13 Å². The van der Waals surface area contributed by atoms with Crippen LogP contribution in [-0.4, -0.2) is 35.6 Å². The third kappa shape index (κ3) is 5.83. The number of para-hydroxylation sites is 1. The van der Waals surface area contributed by atoms with Gasteiger partial charge in [-0.05, 0) is 82.5 Å². The maximum absolute atomic E-state index is 13.5. The zero-order chi connectivity index (χ0) is 24.2. The highest BCUT2D eigenvalue weighted by Gasteiger charge is 2.43. The van der Waals surface area contributed by atoms with Crippen LogP contribution in [0.1, 0.15) is 42.8 Å². The van der Waals surface area contributed by atoms with Crippen LogP contribution in [0.15, 0.2) is 60.8 Å². The summed E-state index contributed by atoms with van der Waals surface area (Å²) < 4.78 is 19.0. The standard InChI is InChI=1S/C27H32FN3O2S/c1-20-9-10-21(17-29-20)26(2,3)31-16-15-27(19-31,14-13-23-11-12-24(28)34-23)18-30-25(32)33-22-7-5-4-6-8-22/h4-12,17H,13-16,18-19H2,1-3H3,(H,30,32)/t27-/m0/s1. The predicted octanol–water partition coefficient (Wildman–Crippen LogP) is 5.94. The minimum atomic E-state index is -0.451. The van der Waals surface area contributed by atoms with Crippen molar-refractivity contribution in [2.75, 3.05) is 19.6 Å². The second kappa shape index (κ2) is 10.2. The highest BCUT2D eigenvalue weighted by Crippen LogP contribution is 2.41.